The Morgan fingerprint density at radius 2 is 1.80 bits per heavy atom. The van der Waals surface area contributed by atoms with Crippen LogP contribution in [-0.2, 0) is 11.2 Å². The van der Waals surface area contributed by atoms with Gasteiger partial charge in [0.2, 0.25) is 5.91 Å². The fraction of sp³-hybridized carbons (Fsp3) is 0.125. The summed E-state index contributed by atoms with van der Waals surface area (Å²) in [7, 11) is 0. The van der Waals surface area contributed by atoms with Crippen LogP contribution in [0.3, 0.4) is 0 Å². The number of para-hydroxylation sites is 2. The van der Waals surface area contributed by atoms with E-state index in [-0.39, 0.29) is 23.0 Å². The van der Waals surface area contributed by atoms with Crippen LogP contribution >= 0.6 is 0 Å². The number of rotatable bonds is 2. The van der Waals surface area contributed by atoms with E-state index in [4.69, 9.17) is 0 Å². The number of ketones is 1. The zero-order valence-electron chi connectivity index (χ0n) is 10.7. The Bertz CT molecular complexity index is 694. The molecule has 4 heteroatoms. The number of hydrogen-bond acceptors (Lipinski definition) is 3. The molecule has 2 N–H and O–H groups in total. The maximum Gasteiger partial charge on any atom is 0.235 e. The Kier molecular flexibility index (Phi) is 2.99. The van der Waals surface area contributed by atoms with Gasteiger partial charge in [0.25, 0.3) is 0 Å². The van der Waals surface area contributed by atoms with E-state index in [0.29, 0.717) is 6.42 Å². The van der Waals surface area contributed by atoms with Crippen LogP contribution in [-0.4, -0.2) is 16.8 Å². The number of anilines is 1. The van der Waals surface area contributed by atoms with Crippen LogP contribution in [0.4, 0.5) is 5.69 Å². The summed E-state index contributed by atoms with van der Waals surface area (Å²) in [4.78, 5) is 24.5. The first-order chi connectivity index (χ1) is 9.66. The highest BCUT2D eigenvalue weighted by Gasteiger charge is 2.33. The van der Waals surface area contributed by atoms with Crippen LogP contribution in [0.1, 0.15) is 15.9 Å². The number of amides is 1. The Labute approximate surface area is 116 Å². The number of phenols is 1. The minimum absolute atomic E-state index is 0.0934. The molecular weight excluding hydrogens is 254 g/mol. The number of aromatic hydroxyl groups is 1. The molecular formula is C16H13NO3. The predicted octanol–water partition coefficient (Wildman–Crippen LogP) is 2.39. The Morgan fingerprint density at radius 3 is 2.60 bits per heavy atom. The van der Waals surface area contributed by atoms with Gasteiger partial charge in [-0.25, -0.2) is 0 Å². The number of Topliss-reactive ketones (excluding diaryl/α,β-unsaturated/α-hetero) is 1. The number of hydrogen-bond donors (Lipinski definition) is 2. The number of carbonyl (C=O) groups excluding carboxylic acids is 2. The van der Waals surface area contributed by atoms with E-state index in [1.807, 2.05) is 24.3 Å². The Balaban J connectivity index is 1.94. The van der Waals surface area contributed by atoms with Crippen molar-refractivity contribution in [1.29, 1.82) is 0 Å². The maximum absolute atomic E-state index is 12.4. The summed E-state index contributed by atoms with van der Waals surface area (Å²) in [6.07, 6.45) is 0.356. The van der Waals surface area contributed by atoms with E-state index in [1.165, 1.54) is 12.1 Å². The van der Waals surface area contributed by atoms with Crippen molar-refractivity contribution in [2.45, 2.75) is 6.42 Å². The highest BCUT2D eigenvalue weighted by Crippen LogP contribution is 2.29. The SMILES string of the molecule is O=C1Nc2ccccc2CC1C(=O)c1ccccc1O. The fourth-order valence-corrected chi connectivity index (χ4v) is 2.43. The molecule has 20 heavy (non-hydrogen) atoms. The molecule has 0 aliphatic carbocycles. The van der Waals surface area contributed by atoms with Gasteiger partial charge < -0.3 is 10.4 Å². The summed E-state index contributed by atoms with van der Waals surface area (Å²) in [5.74, 6) is -1.56. The molecule has 0 saturated carbocycles. The third-order valence-electron chi connectivity index (χ3n) is 3.50. The van der Waals surface area contributed by atoms with Crippen molar-refractivity contribution in [3.8, 4) is 5.75 Å². The lowest BCUT2D eigenvalue weighted by molar-refractivity contribution is -0.118. The van der Waals surface area contributed by atoms with Gasteiger partial charge in [0.1, 0.15) is 11.7 Å². The van der Waals surface area contributed by atoms with E-state index in [1.54, 1.807) is 12.1 Å². The fourth-order valence-electron chi connectivity index (χ4n) is 2.43. The van der Waals surface area contributed by atoms with E-state index < -0.39 is 5.92 Å². The van der Waals surface area contributed by atoms with Crippen molar-refractivity contribution >= 4 is 17.4 Å². The van der Waals surface area contributed by atoms with E-state index >= 15 is 0 Å². The van der Waals surface area contributed by atoms with Gasteiger partial charge in [0.05, 0.1) is 5.56 Å². The van der Waals surface area contributed by atoms with Gasteiger partial charge in [-0.2, -0.15) is 0 Å². The van der Waals surface area contributed by atoms with Crippen molar-refractivity contribution in [1.82, 2.24) is 0 Å². The number of nitrogens with one attached hydrogen (secondary N) is 1. The number of carbonyl (C=O) groups is 2. The number of fused-ring (bicyclic) bond motifs is 1. The van der Waals surface area contributed by atoms with Gasteiger partial charge in [-0.05, 0) is 30.2 Å². The smallest absolute Gasteiger partial charge is 0.235 e. The molecule has 4 nitrogen and oxygen atoms in total. The van der Waals surface area contributed by atoms with Crippen molar-refractivity contribution in [2.24, 2.45) is 5.92 Å². The van der Waals surface area contributed by atoms with Crippen LogP contribution in [0, 0.1) is 5.92 Å². The van der Waals surface area contributed by atoms with Crippen LogP contribution in [0.25, 0.3) is 0 Å². The van der Waals surface area contributed by atoms with Crippen LogP contribution in [0.2, 0.25) is 0 Å². The average Bonchev–Trinajstić information content (AvgIpc) is 2.46. The molecule has 0 spiro atoms. The molecule has 1 atom stereocenters. The zero-order valence-corrected chi connectivity index (χ0v) is 10.7. The standard InChI is InChI=1S/C16H13NO3/c18-14-8-4-2-6-11(14)15(19)12-9-10-5-1-3-7-13(10)17-16(12)20/h1-8,12,18H,9H2,(H,17,20). The molecule has 0 fully saturated rings. The maximum atomic E-state index is 12.4. The molecule has 2 aromatic rings. The first kappa shape index (κ1) is 12.4. The Hall–Kier alpha value is -2.62. The summed E-state index contributed by atoms with van der Waals surface area (Å²) in [6, 6.07) is 13.7. The lowest BCUT2D eigenvalue weighted by Crippen LogP contribution is -2.35. The highest BCUT2D eigenvalue weighted by molar-refractivity contribution is 6.16. The second kappa shape index (κ2) is 4.81. The Morgan fingerprint density at radius 1 is 1.10 bits per heavy atom. The number of phenolic OH excluding ortho intramolecular Hbond substituents is 1. The zero-order chi connectivity index (χ0) is 14.1. The normalized spacial score (nSPS) is 17.2. The quantitative estimate of drug-likeness (QED) is 0.648. The van der Waals surface area contributed by atoms with E-state index in [9.17, 15) is 14.7 Å². The summed E-state index contributed by atoms with van der Waals surface area (Å²) in [5, 5.41) is 12.5. The van der Waals surface area contributed by atoms with Crippen molar-refractivity contribution in [2.75, 3.05) is 5.32 Å². The molecule has 3 rings (SSSR count). The average molecular weight is 267 g/mol. The lowest BCUT2D eigenvalue weighted by Gasteiger charge is -2.23. The van der Waals surface area contributed by atoms with Gasteiger partial charge in [0.15, 0.2) is 5.78 Å². The van der Waals surface area contributed by atoms with Crippen LogP contribution in [0.15, 0.2) is 48.5 Å². The molecule has 1 aliphatic heterocycles. The van der Waals surface area contributed by atoms with Crippen molar-refractivity contribution in [3.05, 3.63) is 59.7 Å². The van der Waals surface area contributed by atoms with Gasteiger partial charge in [0, 0.05) is 5.69 Å². The molecule has 1 amide bonds. The topological polar surface area (TPSA) is 66.4 Å². The monoisotopic (exact) mass is 267 g/mol. The molecule has 1 aliphatic rings. The molecule has 2 aromatic carbocycles. The molecule has 0 saturated heterocycles. The molecule has 100 valence electrons. The molecule has 0 radical (unpaired) electrons. The minimum Gasteiger partial charge on any atom is -0.507 e. The van der Waals surface area contributed by atoms with Crippen LogP contribution < -0.4 is 5.32 Å². The summed E-state index contributed by atoms with van der Waals surface area (Å²) in [6.45, 7) is 0. The minimum atomic E-state index is -0.793. The third-order valence-corrected chi connectivity index (χ3v) is 3.50. The number of benzene rings is 2. The second-order valence-electron chi connectivity index (χ2n) is 4.78. The summed E-state index contributed by atoms with van der Waals surface area (Å²) < 4.78 is 0. The molecule has 0 aromatic heterocycles. The molecule has 0 bridgehead atoms. The van der Waals surface area contributed by atoms with Gasteiger partial charge >= 0.3 is 0 Å². The molecule has 1 heterocycles. The second-order valence-corrected chi connectivity index (χ2v) is 4.78. The van der Waals surface area contributed by atoms with Crippen molar-refractivity contribution in [3.63, 3.8) is 0 Å². The lowest BCUT2D eigenvalue weighted by atomic mass is 9.87. The van der Waals surface area contributed by atoms with Gasteiger partial charge in [-0.15, -0.1) is 0 Å². The van der Waals surface area contributed by atoms with Gasteiger partial charge in [-0.1, -0.05) is 30.3 Å². The van der Waals surface area contributed by atoms with E-state index in [2.05, 4.69) is 5.32 Å². The van der Waals surface area contributed by atoms with E-state index in [0.717, 1.165) is 11.3 Å². The van der Waals surface area contributed by atoms with Crippen LogP contribution in [0.5, 0.6) is 5.75 Å². The first-order valence-electron chi connectivity index (χ1n) is 6.38. The summed E-state index contributed by atoms with van der Waals surface area (Å²) >= 11 is 0. The molecule has 1 unspecified atom stereocenters. The van der Waals surface area contributed by atoms with Crippen molar-refractivity contribution < 1.29 is 14.7 Å². The largest absolute Gasteiger partial charge is 0.507 e. The predicted molar refractivity (Wildman–Crippen MR) is 74.7 cm³/mol. The highest BCUT2D eigenvalue weighted by atomic mass is 16.3. The summed E-state index contributed by atoms with van der Waals surface area (Å²) in [5.41, 5.74) is 1.87. The first-order valence-corrected chi connectivity index (χ1v) is 6.38. The van der Waals surface area contributed by atoms with Gasteiger partial charge in [-0.3, -0.25) is 9.59 Å². The third kappa shape index (κ3) is 2.05.